The largest absolute Gasteiger partial charge is 0.468 e. The number of furan rings is 1. The molecular weight excluding hydrogens is 284 g/mol. The zero-order valence-corrected chi connectivity index (χ0v) is 12.4. The third-order valence-electron chi connectivity index (χ3n) is 2.80. The first kappa shape index (κ1) is 14.3. The fourth-order valence-corrected chi connectivity index (χ4v) is 4.62. The molecular formula is C12H16N2O3S2. The van der Waals surface area contributed by atoms with Crippen molar-refractivity contribution in [2.75, 3.05) is 7.05 Å². The fraction of sp³-hybridized carbons (Fsp3) is 0.333. The molecule has 0 atom stereocenters. The minimum atomic E-state index is -3.54. The molecule has 2 N–H and O–H groups in total. The van der Waals surface area contributed by atoms with Crippen molar-refractivity contribution in [2.24, 2.45) is 5.73 Å². The van der Waals surface area contributed by atoms with Crippen molar-refractivity contribution in [3.63, 3.8) is 0 Å². The molecule has 0 aliphatic carbocycles. The van der Waals surface area contributed by atoms with Gasteiger partial charge in [-0.05, 0) is 30.0 Å². The predicted octanol–water partition coefficient (Wildman–Crippen LogP) is 1.93. The van der Waals surface area contributed by atoms with E-state index in [1.165, 1.54) is 29.0 Å². The summed E-state index contributed by atoms with van der Waals surface area (Å²) >= 11 is 1.37. The van der Waals surface area contributed by atoms with Gasteiger partial charge < -0.3 is 10.2 Å². The van der Waals surface area contributed by atoms with E-state index in [0.29, 0.717) is 15.5 Å². The van der Waals surface area contributed by atoms with E-state index in [4.69, 9.17) is 10.2 Å². The molecule has 2 aromatic rings. The first-order chi connectivity index (χ1) is 8.96. The van der Waals surface area contributed by atoms with E-state index in [9.17, 15) is 8.42 Å². The Labute approximate surface area is 116 Å². The lowest BCUT2D eigenvalue weighted by Gasteiger charge is -2.17. The fourth-order valence-electron chi connectivity index (χ4n) is 1.84. The topological polar surface area (TPSA) is 76.5 Å². The molecule has 0 aliphatic heterocycles. The van der Waals surface area contributed by atoms with E-state index in [1.54, 1.807) is 19.1 Å². The summed E-state index contributed by atoms with van der Waals surface area (Å²) in [5.74, 6) is 0.605. The normalized spacial score (nSPS) is 12.2. The summed E-state index contributed by atoms with van der Waals surface area (Å²) in [6.07, 6.45) is 1.52. The predicted molar refractivity (Wildman–Crippen MR) is 74.3 cm³/mol. The minimum Gasteiger partial charge on any atom is -0.468 e. The van der Waals surface area contributed by atoms with Gasteiger partial charge in [-0.25, -0.2) is 8.42 Å². The van der Waals surface area contributed by atoms with Gasteiger partial charge >= 0.3 is 0 Å². The molecule has 0 spiro atoms. The highest BCUT2D eigenvalue weighted by atomic mass is 32.2. The molecule has 2 aromatic heterocycles. The highest BCUT2D eigenvalue weighted by Crippen LogP contribution is 2.29. The Morgan fingerprint density at radius 2 is 2.21 bits per heavy atom. The molecule has 0 aromatic carbocycles. The third-order valence-corrected chi connectivity index (χ3v) is 6.09. The molecule has 0 amide bonds. The standard InChI is InChI=1S/C12H16N2O3S2/c1-9-8-18-11(6-13)12(9)19(15,16)14(2)7-10-4-3-5-17-10/h3-5,8H,6-7,13H2,1-2H3. The zero-order chi connectivity index (χ0) is 14.0. The number of sulfonamides is 1. The highest BCUT2D eigenvalue weighted by molar-refractivity contribution is 7.89. The van der Waals surface area contributed by atoms with Gasteiger partial charge in [-0.1, -0.05) is 0 Å². The van der Waals surface area contributed by atoms with E-state index in [0.717, 1.165) is 5.56 Å². The summed E-state index contributed by atoms with van der Waals surface area (Å²) in [5, 5.41) is 1.82. The number of aryl methyl sites for hydroxylation is 1. The summed E-state index contributed by atoms with van der Waals surface area (Å²) in [6.45, 7) is 2.21. The van der Waals surface area contributed by atoms with Crippen LogP contribution in [0.4, 0.5) is 0 Å². The van der Waals surface area contributed by atoms with Gasteiger partial charge in [0.25, 0.3) is 0 Å². The second-order valence-electron chi connectivity index (χ2n) is 4.22. The third kappa shape index (κ3) is 2.74. The summed E-state index contributed by atoms with van der Waals surface area (Å²) in [5.41, 5.74) is 6.34. The summed E-state index contributed by atoms with van der Waals surface area (Å²) < 4.78 is 31.6. The van der Waals surface area contributed by atoms with Crippen LogP contribution < -0.4 is 5.73 Å². The smallest absolute Gasteiger partial charge is 0.244 e. The molecule has 7 heteroatoms. The first-order valence-electron chi connectivity index (χ1n) is 5.72. The second-order valence-corrected chi connectivity index (χ2v) is 7.16. The SMILES string of the molecule is Cc1csc(CN)c1S(=O)(=O)N(C)Cc1ccco1. The van der Waals surface area contributed by atoms with Crippen molar-refractivity contribution in [3.05, 3.63) is 40.0 Å². The lowest BCUT2D eigenvalue weighted by Crippen LogP contribution is -2.27. The van der Waals surface area contributed by atoms with Crippen LogP contribution in [0.15, 0.2) is 33.1 Å². The van der Waals surface area contributed by atoms with Crippen LogP contribution >= 0.6 is 11.3 Å². The Hall–Kier alpha value is -1.15. The molecule has 5 nitrogen and oxygen atoms in total. The lowest BCUT2D eigenvalue weighted by molar-refractivity contribution is 0.406. The van der Waals surface area contributed by atoms with Crippen LogP contribution in [0.2, 0.25) is 0 Å². The van der Waals surface area contributed by atoms with Crippen molar-refractivity contribution < 1.29 is 12.8 Å². The minimum absolute atomic E-state index is 0.203. The van der Waals surface area contributed by atoms with E-state index in [-0.39, 0.29) is 13.1 Å². The molecule has 0 fully saturated rings. The van der Waals surface area contributed by atoms with E-state index in [2.05, 4.69) is 0 Å². The maximum absolute atomic E-state index is 12.6. The number of rotatable bonds is 5. The number of thiophene rings is 1. The van der Waals surface area contributed by atoms with Gasteiger partial charge in [0, 0.05) is 18.5 Å². The first-order valence-corrected chi connectivity index (χ1v) is 8.04. The molecule has 0 radical (unpaired) electrons. The number of nitrogens with zero attached hydrogens (tertiary/aromatic N) is 1. The Morgan fingerprint density at radius 3 is 2.79 bits per heavy atom. The molecule has 104 valence electrons. The van der Waals surface area contributed by atoms with Crippen molar-refractivity contribution in [3.8, 4) is 0 Å². The average Bonchev–Trinajstić information content (AvgIpc) is 2.98. The molecule has 2 heterocycles. The van der Waals surface area contributed by atoms with Crippen LogP contribution in [0, 0.1) is 6.92 Å². The lowest BCUT2D eigenvalue weighted by atomic mass is 10.3. The van der Waals surface area contributed by atoms with Gasteiger partial charge in [0.1, 0.15) is 10.7 Å². The second kappa shape index (κ2) is 5.46. The Morgan fingerprint density at radius 1 is 1.47 bits per heavy atom. The summed E-state index contributed by atoms with van der Waals surface area (Å²) in [4.78, 5) is 1.01. The highest BCUT2D eigenvalue weighted by Gasteiger charge is 2.27. The van der Waals surface area contributed by atoms with Gasteiger partial charge in [-0.3, -0.25) is 0 Å². The number of nitrogens with two attached hydrogens (primary N) is 1. The van der Waals surface area contributed by atoms with Crippen LogP contribution in [0.3, 0.4) is 0 Å². The van der Waals surface area contributed by atoms with E-state index >= 15 is 0 Å². The van der Waals surface area contributed by atoms with Crippen molar-refractivity contribution >= 4 is 21.4 Å². The molecule has 19 heavy (non-hydrogen) atoms. The van der Waals surface area contributed by atoms with Gasteiger partial charge in [-0.15, -0.1) is 11.3 Å². The van der Waals surface area contributed by atoms with Crippen LogP contribution in [0.5, 0.6) is 0 Å². The maximum Gasteiger partial charge on any atom is 0.244 e. The van der Waals surface area contributed by atoms with Crippen LogP contribution in [0.25, 0.3) is 0 Å². The van der Waals surface area contributed by atoms with E-state index < -0.39 is 10.0 Å². The molecule has 0 unspecified atom stereocenters. The van der Waals surface area contributed by atoms with Gasteiger partial charge in [0.2, 0.25) is 10.0 Å². The zero-order valence-electron chi connectivity index (χ0n) is 10.8. The van der Waals surface area contributed by atoms with Crippen LogP contribution in [-0.2, 0) is 23.1 Å². The van der Waals surface area contributed by atoms with Crippen molar-refractivity contribution in [2.45, 2.75) is 24.9 Å². The van der Waals surface area contributed by atoms with Crippen molar-refractivity contribution in [1.82, 2.24) is 4.31 Å². The average molecular weight is 300 g/mol. The molecule has 0 bridgehead atoms. The van der Waals surface area contributed by atoms with Gasteiger partial charge in [0.15, 0.2) is 0 Å². The van der Waals surface area contributed by atoms with Crippen LogP contribution in [0.1, 0.15) is 16.2 Å². The summed E-state index contributed by atoms with van der Waals surface area (Å²) in [6, 6.07) is 3.48. The quantitative estimate of drug-likeness (QED) is 0.915. The monoisotopic (exact) mass is 300 g/mol. The molecule has 0 saturated heterocycles. The number of hydrogen-bond donors (Lipinski definition) is 1. The Kier molecular flexibility index (Phi) is 4.10. The molecule has 0 saturated carbocycles. The van der Waals surface area contributed by atoms with E-state index in [1.807, 2.05) is 5.38 Å². The van der Waals surface area contributed by atoms with Crippen molar-refractivity contribution in [1.29, 1.82) is 0 Å². The molecule has 2 rings (SSSR count). The van der Waals surface area contributed by atoms with Gasteiger partial charge in [-0.2, -0.15) is 4.31 Å². The number of hydrogen-bond acceptors (Lipinski definition) is 5. The molecule has 0 aliphatic rings. The maximum atomic E-state index is 12.6. The Balaban J connectivity index is 2.33. The Bertz CT molecular complexity index is 645. The summed E-state index contributed by atoms with van der Waals surface area (Å²) in [7, 11) is -2.00. The van der Waals surface area contributed by atoms with Gasteiger partial charge in [0.05, 0.1) is 12.8 Å². The van der Waals surface area contributed by atoms with Crippen LogP contribution in [-0.4, -0.2) is 19.8 Å².